The lowest BCUT2D eigenvalue weighted by Crippen LogP contribution is -2.63. The average Bonchev–Trinajstić information content (AvgIpc) is 2.75. The first-order chi connectivity index (χ1) is 14.7. The summed E-state index contributed by atoms with van der Waals surface area (Å²) in [6.07, 6.45) is 1.11. The van der Waals surface area contributed by atoms with E-state index in [0.717, 1.165) is 28.6 Å². The van der Waals surface area contributed by atoms with Gasteiger partial charge in [0.15, 0.2) is 0 Å². The highest BCUT2D eigenvalue weighted by Gasteiger charge is 2.42. The summed E-state index contributed by atoms with van der Waals surface area (Å²) in [7, 11) is -2.79. The highest BCUT2D eigenvalue weighted by Crippen LogP contribution is 2.23. The van der Waals surface area contributed by atoms with E-state index in [9.17, 15) is 27.2 Å². The van der Waals surface area contributed by atoms with Gasteiger partial charge in [-0.15, -0.1) is 0 Å². The summed E-state index contributed by atoms with van der Waals surface area (Å²) >= 11 is 0. The van der Waals surface area contributed by atoms with Crippen LogP contribution in [0.3, 0.4) is 0 Å². The molecule has 0 radical (unpaired) electrons. The van der Waals surface area contributed by atoms with Crippen molar-refractivity contribution in [2.75, 3.05) is 39.9 Å². The number of benzene rings is 1. The van der Waals surface area contributed by atoms with Gasteiger partial charge in [0.05, 0.1) is 4.90 Å². The lowest BCUT2D eigenvalue weighted by Gasteiger charge is -2.40. The Hall–Kier alpha value is -2.57. The molecule has 2 atom stereocenters. The molecule has 0 aliphatic carbocycles. The van der Waals surface area contributed by atoms with Crippen LogP contribution in [0.1, 0.15) is 12.8 Å². The van der Waals surface area contributed by atoms with Crippen LogP contribution in [0.25, 0.3) is 0 Å². The molecule has 31 heavy (non-hydrogen) atoms. The van der Waals surface area contributed by atoms with Crippen LogP contribution in [0.4, 0.5) is 4.39 Å². The van der Waals surface area contributed by atoms with Gasteiger partial charge in [0.1, 0.15) is 24.5 Å². The van der Waals surface area contributed by atoms with Crippen LogP contribution >= 0.6 is 0 Å². The van der Waals surface area contributed by atoms with E-state index in [2.05, 4.69) is 10.6 Å². The lowest BCUT2D eigenvalue weighted by molar-refractivity contribution is -0.140. The Morgan fingerprint density at radius 1 is 1.26 bits per heavy atom. The normalized spacial score (nSPS) is 22.6. The van der Waals surface area contributed by atoms with Crippen molar-refractivity contribution in [2.45, 2.75) is 29.8 Å². The van der Waals surface area contributed by atoms with Gasteiger partial charge >= 0.3 is 0 Å². The molecule has 0 bridgehead atoms. The van der Waals surface area contributed by atoms with E-state index in [1.54, 1.807) is 0 Å². The number of carbonyl (C=O) groups excluding carboxylic acids is 3. The molecular formula is C19H25FN4O6S. The highest BCUT2D eigenvalue weighted by molar-refractivity contribution is 7.89. The second-order valence-electron chi connectivity index (χ2n) is 7.35. The predicted molar refractivity (Wildman–Crippen MR) is 107 cm³/mol. The SMILES string of the molecule is COCC(=O)N1CCN(S(=O)(=O)c2ccc(F)cc2)[C@@H](C(=O)N[C@@H]2CCCNC2=O)C1. The Morgan fingerprint density at radius 2 is 1.97 bits per heavy atom. The molecule has 2 heterocycles. The van der Waals surface area contributed by atoms with E-state index in [1.807, 2.05) is 0 Å². The Balaban J connectivity index is 1.87. The van der Waals surface area contributed by atoms with Crippen LogP contribution in [-0.4, -0.2) is 87.3 Å². The molecule has 10 nitrogen and oxygen atoms in total. The maximum Gasteiger partial charge on any atom is 0.248 e. The van der Waals surface area contributed by atoms with Crippen molar-refractivity contribution in [1.82, 2.24) is 19.8 Å². The van der Waals surface area contributed by atoms with Crippen LogP contribution in [0, 0.1) is 5.82 Å². The number of nitrogens with zero attached hydrogens (tertiary/aromatic N) is 2. The third-order valence-electron chi connectivity index (χ3n) is 5.28. The van der Waals surface area contributed by atoms with E-state index in [4.69, 9.17) is 4.74 Å². The number of methoxy groups -OCH3 is 1. The van der Waals surface area contributed by atoms with Crippen LogP contribution < -0.4 is 10.6 Å². The molecule has 2 fully saturated rings. The Kier molecular flexibility index (Phi) is 7.23. The van der Waals surface area contributed by atoms with E-state index >= 15 is 0 Å². The molecule has 2 saturated heterocycles. The Bertz CT molecular complexity index is 939. The first-order valence-corrected chi connectivity index (χ1v) is 11.3. The van der Waals surface area contributed by atoms with Gasteiger partial charge in [0.25, 0.3) is 0 Å². The van der Waals surface area contributed by atoms with Crippen molar-refractivity contribution >= 4 is 27.7 Å². The second kappa shape index (κ2) is 9.71. The number of nitrogens with one attached hydrogen (secondary N) is 2. The largest absolute Gasteiger partial charge is 0.375 e. The summed E-state index contributed by atoms with van der Waals surface area (Å²) in [5, 5.41) is 5.26. The fourth-order valence-electron chi connectivity index (χ4n) is 3.63. The zero-order valence-electron chi connectivity index (χ0n) is 17.0. The zero-order valence-corrected chi connectivity index (χ0v) is 17.9. The minimum Gasteiger partial charge on any atom is -0.375 e. The molecule has 3 amide bonds. The molecule has 3 rings (SSSR count). The van der Waals surface area contributed by atoms with Crippen molar-refractivity contribution in [3.05, 3.63) is 30.1 Å². The summed E-state index contributed by atoms with van der Waals surface area (Å²) in [6, 6.07) is 2.26. The lowest BCUT2D eigenvalue weighted by atomic mass is 10.1. The van der Waals surface area contributed by atoms with Crippen LogP contribution in [-0.2, 0) is 29.1 Å². The number of halogens is 1. The number of piperidine rings is 1. The first-order valence-electron chi connectivity index (χ1n) is 9.86. The molecule has 170 valence electrons. The van der Waals surface area contributed by atoms with Gasteiger partial charge in [-0.05, 0) is 37.1 Å². The third-order valence-corrected chi connectivity index (χ3v) is 7.20. The second-order valence-corrected chi connectivity index (χ2v) is 9.24. The fourth-order valence-corrected chi connectivity index (χ4v) is 5.20. The highest BCUT2D eigenvalue weighted by atomic mass is 32.2. The monoisotopic (exact) mass is 456 g/mol. The molecule has 2 N–H and O–H groups in total. The third kappa shape index (κ3) is 5.20. The minimum atomic E-state index is -4.15. The molecule has 0 unspecified atom stereocenters. The predicted octanol–water partition coefficient (Wildman–Crippen LogP) is -0.932. The van der Waals surface area contributed by atoms with Gasteiger partial charge in [-0.2, -0.15) is 4.31 Å². The zero-order chi connectivity index (χ0) is 22.6. The first kappa shape index (κ1) is 23.1. The topological polar surface area (TPSA) is 125 Å². The van der Waals surface area contributed by atoms with Gasteiger partial charge in [0, 0.05) is 33.3 Å². The van der Waals surface area contributed by atoms with Crippen molar-refractivity contribution in [3.8, 4) is 0 Å². The smallest absolute Gasteiger partial charge is 0.248 e. The number of hydrogen-bond acceptors (Lipinski definition) is 6. The van der Waals surface area contributed by atoms with Crippen molar-refractivity contribution in [1.29, 1.82) is 0 Å². The van der Waals surface area contributed by atoms with Gasteiger partial charge < -0.3 is 20.3 Å². The number of hydrogen-bond donors (Lipinski definition) is 2. The summed E-state index contributed by atoms with van der Waals surface area (Å²) in [5.74, 6) is -1.99. The fraction of sp³-hybridized carbons (Fsp3) is 0.526. The van der Waals surface area contributed by atoms with E-state index in [0.29, 0.717) is 19.4 Å². The van der Waals surface area contributed by atoms with Crippen molar-refractivity contribution in [2.24, 2.45) is 0 Å². The average molecular weight is 456 g/mol. The molecule has 2 aliphatic heterocycles. The molecule has 2 aliphatic rings. The number of amides is 3. The molecule has 0 aromatic heterocycles. The molecule has 1 aromatic rings. The number of rotatable bonds is 6. The van der Waals surface area contributed by atoms with Crippen molar-refractivity contribution in [3.63, 3.8) is 0 Å². The quantitative estimate of drug-likeness (QED) is 0.570. The van der Waals surface area contributed by atoms with Gasteiger partial charge in [0.2, 0.25) is 27.7 Å². The van der Waals surface area contributed by atoms with Crippen LogP contribution in [0.2, 0.25) is 0 Å². The van der Waals surface area contributed by atoms with Crippen LogP contribution in [0.5, 0.6) is 0 Å². The maximum atomic E-state index is 13.3. The molecule has 0 spiro atoms. The minimum absolute atomic E-state index is 0.0658. The summed E-state index contributed by atoms with van der Waals surface area (Å²) in [4.78, 5) is 38.5. The van der Waals surface area contributed by atoms with Gasteiger partial charge in [-0.3, -0.25) is 14.4 Å². The van der Waals surface area contributed by atoms with E-state index in [-0.39, 0.29) is 43.0 Å². The number of sulfonamides is 1. The molecular weight excluding hydrogens is 431 g/mol. The summed E-state index contributed by atoms with van der Waals surface area (Å²) < 4.78 is 45.5. The Morgan fingerprint density at radius 3 is 2.61 bits per heavy atom. The van der Waals surface area contributed by atoms with Gasteiger partial charge in [-0.1, -0.05) is 0 Å². The number of ether oxygens (including phenoxy) is 1. The van der Waals surface area contributed by atoms with Gasteiger partial charge in [-0.25, -0.2) is 12.8 Å². The van der Waals surface area contributed by atoms with Crippen molar-refractivity contribution < 1.29 is 31.9 Å². The van der Waals surface area contributed by atoms with Crippen LogP contribution in [0.15, 0.2) is 29.2 Å². The molecule has 0 saturated carbocycles. The maximum absolute atomic E-state index is 13.3. The number of carbonyl (C=O) groups is 3. The summed E-state index contributed by atoms with van der Waals surface area (Å²) in [5.41, 5.74) is 0. The van der Waals surface area contributed by atoms with E-state index in [1.165, 1.54) is 12.0 Å². The molecule has 12 heteroatoms. The Labute approximate surface area is 179 Å². The number of piperazine rings is 1. The molecule has 1 aromatic carbocycles. The van der Waals surface area contributed by atoms with E-state index < -0.39 is 33.8 Å². The standard InChI is InChI=1S/C19H25FN4O6S/c1-30-12-17(25)23-9-10-24(31(28,29)14-6-4-13(20)5-7-14)16(11-23)19(27)22-15-3-2-8-21-18(15)26/h4-7,15-16H,2-3,8-12H2,1H3,(H,21,26)(H,22,27)/t15-,16-/m1/s1. The summed E-state index contributed by atoms with van der Waals surface area (Å²) in [6.45, 7) is 0.0479.